The molecule has 4 nitrogen and oxygen atoms in total. The third kappa shape index (κ3) is 7.81. The maximum Gasteiger partial charge on any atom is 0.243 e. The van der Waals surface area contributed by atoms with Crippen LogP contribution in [0.1, 0.15) is 61.9 Å². The third-order valence-electron chi connectivity index (χ3n) is 6.51. The van der Waals surface area contributed by atoms with Gasteiger partial charge in [-0.05, 0) is 47.9 Å². The van der Waals surface area contributed by atoms with Gasteiger partial charge in [0.1, 0.15) is 6.04 Å². The van der Waals surface area contributed by atoms with Gasteiger partial charge in [0.15, 0.2) is 0 Å². The van der Waals surface area contributed by atoms with Crippen LogP contribution in [0.3, 0.4) is 0 Å². The second-order valence-electron chi connectivity index (χ2n) is 10.6. The summed E-state index contributed by atoms with van der Waals surface area (Å²) in [5.41, 5.74) is 5.70. The number of likely N-dealkylation sites (N-methyl/N-ethyl adjacent to an activating group) is 1. The topological polar surface area (TPSA) is 49.4 Å². The molecule has 190 valence electrons. The summed E-state index contributed by atoms with van der Waals surface area (Å²) < 4.78 is 0. The van der Waals surface area contributed by atoms with E-state index in [9.17, 15) is 9.59 Å². The van der Waals surface area contributed by atoms with Crippen LogP contribution in [-0.2, 0) is 34.4 Å². The molecular formula is C32H40N2O2. The minimum atomic E-state index is -0.580. The maximum atomic E-state index is 13.7. The van der Waals surface area contributed by atoms with Crippen molar-refractivity contribution in [3.63, 3.8) is 0 Å². The standard InChI is InChI=1S/C32H40N2O2/c1-6-33-31(36)29(22-26-12-8-7-9-13-26)34(23-27-14-10-11-24(2)21-27)30(35)20-17-25-15-18-28(19-16-25)32(3,4)5/h7-16,18-19,21,29H,6,17,20,22-23H2,1-5H3,(H,33,36)/t29-/m1/s1. The molecule has 3 aromatic carbocycles. The summed E-state index contributed by atoms with van der Waals surface area (Å²) in [6, 6.07) is 26.0. The van der Waals surface area contributed by atoms with E-state index >= 15 is 0 Å². The van der Waals surface area contributed by atoms with Gasteiger partial charge in [-0.1, -0.05) is 105 Å². The summed E-state index contributed by atoms with van der Waals surface area (Å²) in [5, 5.41) is 2.96. The van der Waals surface area contributed by atoms with Crippen LogP contribution in [0.4, 0.5) is 0 Å². The van der Waals surface area contributed by atoms with Crippen LogP contribution >= 0.6 is 0 Å². The van der Waals surface area contributed by atoms with Crippen molar-refractivity contribution in [3.05, 3.63) is 107 Å². The van der Waals surface area contributed by atoms with Crippen LogP contribution in [0.2, 0.25) is 0 Å². The van der Waals surface area contributed by atoms with E-state index < -0.39 is 6.04 Å². The summed E-state index contributed by atoms with van der Waals surface area (Å²) in [5.74, 6) is -0.125. The minimum Gasteiger partial charge on any atom is -0.355 e. The van der Waals surface area contributed by atoms with Crippen molar-refractivity contribution in [2.24, 2.45) is 0 Å². The second-order valence-corrected chi connectivity index (χ2v) is 10.6. The molecule has 0 saturated carbocycles. The van der Waals surface area contributed by atoms with Gasteiger partial charge in [0.2, 0.25) is 11.8 Å². The van der Waals surface area contributed by atoms with Crippen LogP contribution in [0.15, 0.2) is 78.9 Å². The van der Waals surface area contributed by atoms with Crippen molar-refractivity contribution in [1.82, 2.24) is 10.2 Å². The molecule has 0 radical (unpaired) electrons. The highest BCUT2D eigenvalue weighted by molar-refractivity contribution is 5.88. The first-order valence-electron chi connectivity index (χ1n) is 12.9. The van der Waals surface area contributed by atoms with Gasteiger partial charge in [0, 0.05) is 25.9 Å². The van der Waals surface area contributed by atoms with Crippen LogP contribution in [0, 0.1) is 6.92 Å². The number of rotatable bonds is 10. The average Bonchev–Trinajstić information content (AvgIpc) is 2.85. The van der Waals surface area contributed by atoms with Crippen molar-refractivity contribution in [1.29, 1.82) is 0 Å². The smallest absolute Gasteiger partial charge is 0.243 e. The predicted molar refractivity (Wildman–Crippen MR) is 148 cm³/mol. The Hall–Kier alpha value is -3.40. The molecule has 3 rings (SSSR count). The maximum absolute atomic E-state index is 13.7. The van der Waals surface area contributed by atoms with Crippen molar-refractivity contribution >= 4 is 11.8 Å². The molecule has 3 aromatic rings. The molecule has 0 aliphatic rings. The zero-order chi connectivity index (χ0) is 26.1. The molecule has 4 heteroatoms. The number of carbonyl (C=O) groups excluding carboxylic acids is 2. The van der Waals surface area contributed by atoms with Crippen LogP contribution < -0.4 is 5.32 Å². The molecule has 36 heavy (non-hydrogen) atoms. The lowest BCUT2D eigenvalue weighted by molar-refractivity contribution is -0.141. The highest BCUT2D eigenvalue weighted by Gasteiger charge is 2.30. The Kier molecular flexibility index (Phi) is 9.46. The zero-order valence-electron chi connectivity index (χ0n) is 22.4. The summed E-state index contributed by atoms with van der Waals surface area (Å²) in [7, 11) is 0. The van der Waals surface area contributed by atoms with Crippen LogP contribution in [-0.4, -0.2) is 29.3 Å². The lowest BCUT2D eigenvalue weighted by atomic mass is 9.86. The molecule has 0 unspecified atom stereocenters. The molecule has 1 atom stereocenters. The van der Waals surface area contributed by atoms with Crippen LogP contribution in [0.25, 0.3) is 0 Å². The SMILES string of the molecule is CCNC(=O)[C@@H](Cc1ccccc1)N(Cc1cccc(C)c1)C(=O)CCc1ccc(C(C)(C)C)cc1. The fourth-order valence-corrected chi connectivity index (χ4v) is 4.42. The fraction of sp³-hybridized carbons (Fsp3) is 0.375. The van der Waals surface area contributed by atoms with E-state index in [2.05, 4.69) is 56.4 Å². The monoisotopic (exact) mass is 484 g/mol. The molecule has 0 aliphatic carbocycles. The van der Waals surface area contributed by atoms with E-state index in [0.29, 0.717) is 32.4 Å². The highest BCUT2D eigenvalue weighted by Crippen LogP contribution is 2.23. The Morgan fingerprint density at radius 3 is 2.14 bits per heavy atom. The Labute approximate surface area is 216 Å². The second kappa shape index (κ2) is 12.5. The minimum absolute atomic E-state index is 0.0106. The first kappa shape index (κ1) is 27.2. The van der Waals surface area contributed by atoms with E-state index in [4.69, 9.17) is 0 Å². The molecule has 2 amide bonds. The summed E-state index contributed by atoms with van der Waals surface area (Å²) in [6.45, 7) is 11.5. The fourth-order valence-electron chi connectivity index (χ4n) is 4.42. The number of carbonyl (C=O) groups is 2. The molecular weight excluding hydrogens is 444 g/mol. The number of nitrogens with one attached hydrogen (secondary N) is 1. The van der Waals surface area contributed by atoms with E-state index in [-0.39, 0.29) is 17.2 Å². The van der Waals surface area contributed by atoms with Gasteiger partial charge >= 0.3 is 0 Å². The Bertz CT molecular complexity index is 1130. The van der Waals surface area contributed by atoms with Gasteiger partial charge in [-0.3, -0.25) is 9.59 Å². The quantitative estimate of drug-likeness (QED) is 0.384. The number of hydrogen-bond acceptors (Lipinski definition) is 2. The Morgan fingerprint density at radius 1 is 0.861 bits per heavy atom. The van der Waals surface area contributed by atoms with Crippen molar-refractivity contribution < 1.29 is 9.59 Å². The lowest BCUT2D eigenvalue weighted by Crippen LogP contribution is -2.50. The first-order valence-corrected chi connectivity index (χ1v) is 12.9. The summed E-state index contributed by atoms with van der Waals surface area (Å²) in [6.07, 6.45) is 1.47. The van der Waals surface area contributed by atoms with Gasteiger partial charge in [-0.15, -0.1) is 0 Å². The average molecular weight is 485 g/mol. The van der Waals surface area contributed by atoms with Gasteiger partial charge in [0.25, 0.3) is 0 Å². The summed E-state index contributed by atoms with van der Waals surface area (Å²) >= 11 is 0. The Morgan fingerprint density at radius 2 is 1.53 bits per heavy atom. The predicted octanol–water partition coefficient (Wildman–Crippen LogP) is 6.00. The number of benzene rings is 3. The molecule has 0 bridgehead atoms. The van der Waals surface area contributed by atoms with E-state index in [0.717, 1.165) is 22.3 Å². The highest BCUT2D eigenvalue weighted by atomic mass is 16.2. The molecule has 0 aliphatic heterocycles. The largest absolute Gasteiger partial charge is 0.355 e. The number of amides is 2. The Balaban J connectivity index is 1.86. The molecule has 0 fully saturated rings. The number of aryl methyl sites for hydroxylation is 2. The normalized spacial score (nSPS) is 12.1. The van der Waals surface area contributed by atoms with E-state index in [1.165, 1.54) is 5.56 Å². The van der Waals surface area contributed by atoms with Gasteiger partial charge in [0.05, 0.1) is 0 Å². The number of nitrogens with zero attached hydrogens (tertiary/aromatic N) is 1. The lowest BCUT2D eigenvalue weighted by Gasteiger charge is -2.31. The molecule has 0 aromatic heterocycles. The van der Waals surface area contributed by atoms with Gasteiger partial charge in [-0.2, -0.15) is 0 Å². The molecule has 0 saturated heterocycles. The zero-order valence-corrected chi connectivity index (χ0v) is 22.4. The van der Waals surface area contributed by atoms with Crippen molar-refractivity contribution in [3.8, 4) is 0 Å². The van der Waals surface area contributed by atoms with E-state index in [1.807, 2.05) is 62.4 Å². The molecule has 0 spiro atoms. The van der Waals surface area contributed by atoms with Crippen LogP contribution in [0.5, 0.6) is 0 Å². The first-order chi connectivity index (χ1) is 17.2. The summed E-state index contributed by atoms with van der Waals surface area (Å²) in [4.78, 5) is 28.7. The number of hydrogen-bond donors (Lipinski definition) is 1. The molecule has 0 heterocycles. The molecule has 1 N–H and O–H groups in total. The van der Waals surface area contributed by atoms with Crippen molar-refractivity contribution in [2.75, 3.05) is 6.54 Å². The van der Waals surface area contributed by atoms with Gasteiger partial charge in [-0.25, -0.2) is 0 Å². The van der Waals surface area contributed by atoms with Crippen molar-refractivity contribution in [2.45, 2.75) is 71.9 Å². The van der Waals surface area contributed by atoms with Gasteiger partial charge < -0.3 is 10.2 Å². The van der Waals surface area contributed by atoms with E-state index in [1.54, 1.807) is 4.90 Å². The third-order valence-corrected chi connectivity index (χ3v) is 6.51.